The van der Waals surface area contributed by atoms with Gasteiger partial charge in [-0.15, -0.1) is 10.2 Å². The second kappa shape index (κ2) is 5.94. The molecular formula is C9H14N6OS. The minimum Gasteiger partial charge on any atom is -0.374 e. The topological polar surface area (TPSA) is 98.7 Å². The van der Waals surface area contributed by atoms with E-state index in [4.69, 9.17) is 5.73 Å². The van der Waals surface area contributed by atoms with Gasteiger partial charge in [-0.25, -0.2) is 0 Å². The summed E-state index contributed by atoms with van der Waals surface area (Å²) in [7, 11) is 0. The summed E-state index contributed by atoms with van der Waals surface area (Å²) in [4.78, 5) is 10.9. The lowest BCUT2D eigenvalue weighted by atomic mass is 10.6. The van der Waals surface area contributed by atoms with E-state index in [2.05, 4.69) is 20.6 Å². The van der Waals surface area contributed by atoms with Crippen molar-refractivity contribution < 1.29 is 4.79 Å². The predicted molar refractivity (Wildman–Crippen MR) is 67.1 cm³/mol. The number of carbonyl (C=O) groups excluding carboxylic acids is 1. The molecule has 0 aliphatic heterocycles. The van der Waals surface area contributed by atoms with Crippen LogP contribution in [0, 0.1) is 0 Å². The van der Waals surface area contributed by atoms with Crippen LogP contribution in [0.4, 0.5) is 10.9 Å². The molecule has 0 bridgehead atoms. The maximum absolute atomic E-state index is 10.9. The highest BCUT2D eigenvalue weighted by Gasteiger charge is 2.09. The summed E-state index contributed by atoms with van der Waals surface area (Å²) in [5.74, 6) is 0.368. The molecule has 0 aromatic carbocycles. The molecule has 2 aromatic heterocycles. The van der Waals surface area contributed by atoms with Crippen molar-refractivity contribution in [3.63, 3.8) is 0 Å². The van der Waals surface area contributed by atoms with E-state index in [1.54, 1.807) is 12.3 Å². The molecule has 0 saturated carbocycles. The molecule has 17 heavy (non-hydrogen) atoms. The van der Waals surface area contributed by atoms with Crippen LogP contribution in [0.1, 0.15) is 20.8 Å². The van der Waals surface area contributed by atoms with Gasteiger partial charge in [0, 0.05) is 13.0 Å². The largest absolute Gasteiger partial charge is 0.374 e. The molecule has 1 amide bonds. The number of carbonyl (C=O) groups is 1. The molecule has 0 unspecified atom stereocenters. The summed E-state index contributed by atoms with van der Waals surface area (Å²) in [5.41, 5.74) is 5.45. The van der Waals surface area contributed by atoms with E-state index in [0.29, 0.717) is 16.1 Å². The maximum Gasteiger partial charge on any atom is 0.236 e. The maximum atomic E-state index is 10.9. The Labute approximate surface area is 103 Å². The number of hydrogen-bond acceptors (Lipinski definition) is 6. The Balaban J connectivity index is 0.000000686. The number of nitrogens with two attached hydrogens (primary N) is 1. The first-order chi connectivity index (χ1) is 8.16. The number of hydrogen-bond donors (Lipinski definition) is 2. The highest BCUT2D eigenvalue weighted by molar-refractivity contribution is 7.17. The zero-order valence-corrected chi connectivity index (χ0v) is 10.7. The molecule has 0 aliphatic carbocycles. The Morgan fingerprint density at radius 2 is 2.18 bits per heavy atom. The van der Waals surface area contributed by atoms with Gasteiger partial charge in [-0.1, -0.05) is 25.2 Å². The van der Waals surface area contributed by atoms with Crippen LogP contribution in [0.5, 0.6) is 0 Å². The minimum absolute atomic E-state index is 0.172. The molecule has 2 heterocycles. The van der Waals surface area contributed by atoms with Crippen LogP contribution < -0.4 is 11.1 Å². The van der Waals surface area contributed by atoms with E-state index in [1.807, 2.05) is 13.8 Å². The summed E-state index contributed by atoms with van der Waals surface area (Å²) in [5, 5.41) is 15.0. The van der Waals surface area contributed by atoms with Crippen LogP contribution in [-0.2, 0) is 4.79 Å². The summed E-state index contributed by atoms with van der Waals surface area (Å²) < 4.78 is 1.47. The first-order valence-corrected chi connectivity index (χ1v) is 5.89. The van der Waals surface area contributed by atoms with Gasteiger partial charge in [0.05, 0.1) is 6.20 Å². The molecule has 0 aliphatic rings. The average molecular weight is 254 g/mol. The zero-order valence-electron chi connectivity index (χ0n) is 9.84. The van der Waals surface area contributed by atoms with E-state index in [0.717, 1.165) is 0 Å². The first kappa shape index (κ1) is 13.1. The Hall–Kier alpha value is -1.96. The highest BCUT2D eigenvalue weighted by Crippen LogP contribution is 2.19. The van der Waals surface area contributed by atoms with Crippen molar-refractivity contribution in [2.45, 2.75) is 20.8 Å². The van der Waals surface area contributed by atoms with Gasteiger partial charge in [0.2, 0.25) is 16.2 Å². The fourth-order valence-electron chi connectivity index (χ4n) is 1.04. The number of aromatic nitrogens is 4. The van der Waals surface area contributed by atoms with E-state index in [1.165, 1.54) is 22.9 Å². The van der Waals surface area contributed by atoms with Gasteiger partial charge >= 0.3 is 0 Å². The second-order valence-corrected chi connectivity index (χ2v) is 3.72. The van der Waals surface area contributed by atoms with E-state index >= 15 is 0 Å². The third-order valence-corrected chi connectivity index (χ3v) is 2.29. The molecule has 92 valence electrons. The lowest BCUT2D eigenvalue weighted by Crippen LogP contribution is -2.10. The fraction of sp³-hybridized carbons (Fsp3) is 0.333. The number of rotatable bonds is 2. The van der Waals surface area contributed by atoms with Crippen molar-refractivity contribution in [1.82, 2.24) is 20.0 Å². The number of nitrogens with one attached hydrogen (secondary N) is 1. The molecule has 7 nitrogen and oxygen atoms in total. The summed E-state index contributed by atoms with van der Waals surface area (Å²) >= 11 is 1.19. The van der Waals surface area contributed by atoms with Crippen LogP contribution in [0.15, 0.2) is 12.3 Å². The Bertz CT molecular complexity index is 491. The molecule has 3 N–H and O–H groups in total. The predicted octanol–water partition coefficient (Wildman–Crippen LogP) is 1.29. The van der Waals surface area contributed by atoms with Crippen LogP contribution >= 0.6 is 11.3 Å². The number of amides is 1. The van der Waals surface area contributed by atoms with E-state index < -0.39 is 0 Å². The van der Waals surface area contributed by atoms with Gasteiger partial charge in [-0.05, 0) is 0 Å². The third kappa shape index (κ3) is 3.25. The average Bonchev–Trinajstić information content (AvgIpc) is 2.89. The smallest absolute Gasteiger partial charge is 0.236 e. The SMILES string of the molecule is CC.CC(=O)Nc1ccnn1-c1nnc(N)s1. The lowest BCUT2D eigenvalue weighted by molar-refractivity contribution is -0.114. The molecule has 0 atom stereocenters. The molecule has 0 saturated heterocycles. The summed E-state index contributed by atoms with van der Waals surface area (Å²) in [6.07, 6.45) is 1.56. The Morgan fingerprint density at radius 1 is 1.47 bits per heavy atom. The van der Waals surface area contributed by atoms with Gasteiger partial charge in [0.25, 0.3) is 0 Å². The van der Waals surface area contributed by atoms with Crippen molar-refractivity contribution in [3.05, 3.63) is 12.3 Å². The Morgan fingerprint density at radius 3 is 2.71 bits per heavy atom. The van der Waals surface area contributed by atoms with Crippen molar-refractivity contribution in [2.24, 2.45) is 0 Å². The van der Waals surface area contributed by atoms with Crippen molar-refractivity contribution >= 4 is 28.2 Å². The number of nitrogens with zero attached hydrogens (tertiary/aromatic N) is 4. The normalized spacial score (nSPS) is 9.35. The molecule has 2 rings (SSSR count). The van der Waals surface area contributed by atoms with Crippen LogP contribution in [0.2, 0.25) is 0 Å². The summed E-state index contributed by atoms with van der Waals surface area (Å²) in [6, 6.07) is 1.67. The first-order valence-electron chi connectivity index (χ1n) is 5.08. The van der Waals surface area contributed by atoms with E-state index in [-0.39, 0.29) is 5.91 Å². The van der Waals surface area contributed by atoms with Gasteiger partial charge in [0.1, 0.15) is 5.82 Å². The van der Waals surface area contributed by atoms with Crippen molar-refractivity contribution in [3.8, 4) is 5.13 Å². The second-order valence-electron chi connectivity index (χ2n) is 2.73. The minimum atomic E-state index is -0.172. The van der Waals surface area contributed by atoms with Crippen LogP contribution in [0.25, 0.3) is 5.13 Å². The molecule has 8 heteroatoms. The third-order valence-electron chi connectivity index (χ3n) is 1.56. The highest BCUT2D eigenvalue weighted by atomic mass is 32.1. The standard InChI is InChI=1S/C7H8N6OS.C2H6/c1-4(14)10-5-2-3-9-13(5)7-12-11-6(8)15-7;1-2/h2-3H,1H3,(H2,8,11)(H,10,14);1-2H3. The summed E-state index contributed by atoms with van der Waals surface area (Å²) in [6.45, 7) is 5.42. The molecular weight excluding hydrogens is 240 g/mol. The zero-order chi connectivity index (χ0) is 12.8. The van der Waals surface area contributed by atoms with Gasteiger partial charge in [-0.3, -0.25) is 4.79 Å². The van der Waals surface area contributed by atoms with Crippen molar-refractivity contribution in [1.29, 1.82) is 0 Å². The van der Waals surface area contributed by atoms with E-state index in [9.17, 15) is 4.79 Å². The van der Waals surface area contributed by atoms with Gasteiger partial charge in [0.15, 0.2) is 0 Å². The molecule has 2 aromatic rings. The quantitative estimate of drug-likeness (QED) is 0.841. The Kier molecular flexibility index (Phi) is 4.58. The fourth-order valence-corrected chi connectivity index (χ4v) is 1.63. The van der Waals surface area contributed by atoms with Crippen LogP contribution in [0.3, 0.4) is 0 Å². The van der Waals surface area contributed by atoms with Crippen LogP contribution in [-0.4, -0.2) is 25.9 Å². The monoisotopic (exact) mass is 254 g/mol. The molecule has 0 spiro atoms. The van der Waals surface area contributed by atoms with Gasteiger partial charge < -0.3 is 11.1 Å². The van der Waals surface area contributed by atoms with Gasteiger partial charge in [-0.2, -0.15) is 9.78 Å². The van der Waals surface area contributed by atoms with Crippen molar-refractivity contribution in [2.75, 3.05) is 11.1 Å². The lowest BCUT2D eigenvalue weighted by Gasteiger charge is -2.02. The molecule has 0 fully saturated rings. The number of nitrogen functional groups attached to an aromatic ring is 1. The number of anilines is 2. The molecule has 0 radical (unpaired) electrons.